The molecule has 138 heavy (non-hydrogen) atoms. The summed E-state index contributed by atoms with van der Waals surface area (Å²) in [5.41, 5.74) is -8.65. The molecule has 48 heteroatoms. The van der Waals surface area contributed by atoms with E-state index in [0.717, 1.165) is 42.5 Å². The molecule has 0 unspecified atom stereocenters. The van der Waals surface area contributed by atoms with Crippen LogP contribution in [0, 0.1) is 0 Å². The fourth-order valence-corrected chi connectivity index (χ4v) is 14.9. The first-order chi connectivity index (χ1) is 65.4. The molecular weight excluding hydrogens is 1970 g/mol. The van der Waals surface area contributed by atoms with Gasteiger partial charge in [-0.2, -0.15) is 127 Å². The fourth-order valence-electron chi connectivity index (χ4n) is 13.8. The Bertz CT molecular complexity index is 6930. The number of hydrogen-bond donors (Lipinski definition) is 3. The molecule has 1 aliphatic rings. The number of rotatable bonds is 21. The standard InChI is InChI=1S/C23H16ClF6N5O.C23H16ClF3N4O2.C22H13Cl2F6N5.C22H14ClF6N5/c1-36-17-5-3-13(4-6-17)12-33-20-18(14-9-15(22(25,26)27)11-16(24)10-14)19(23(28,29)30)34-35(20)21-31-7-2-8-32-21;24-16-11-15(12-18-20(16)33-13-32-18)19-17(8-7-14-5-2-1-3-6-14)31(22-28-9-4-10-29-22)30-21(19)23(25,26)27;23-15-4-2-12(3-5-15)11-33-19-17(13-8-14(21(25,26)27)10-16(24)9-13)18(22(28,29)30)34-35(19)20-31-6-1-7-32-20;23-16-10-14(9-15(11-16)21(24,25)26)17-18(22(27,28)29)33-34(20-30-7-4-8-31-20)19(17)32-12-13-5-2-1-3-6-13/h2-11,33H,12H2,1H3;1-6,9-12H,7-8,13H2;1-10,33H,11H2;1-11,32H,12H2. The van der Waals surface area contributed by atoms with Crippen molar-refractivity contribution in [3.05, 3.63) is 342 Å². The molecule has 0 spiro atoms. The average Bonchev–Trinajstić information content (AvgIpc) is 1.61. The highest BCUT2D eigenvalue weighted by molar-refractivity contribution is 6.33. The lowest BCUT2D eigenvalue weighted by Crippen LogP contribution is -2.10. The zero-order valence-electron chi connectivity index (χ0n) is 69.6. The van der Waals surface area contributed by atoms with Crippen molar-refractivity contribution in [3.63, 3.8) is 0 Å². The lowest BCUT2D eigenvalue weighted by Gasteiger charge is -2.14. The number of benzene rings is 8. The number of fused-ring (bicyclic) bond motifs is 1. The molecule has 0 bridgehead atoms. The van der Waals surface area contributed by atoms with Crippen molar-refractivity contribution in [2.45, 2.75) is 75.7 Å². The summed E-state index contributed by atoms with van der Waals surface area (Å²) in [7, 11) is 1.48. The van der Waals surface area contributed by atoms with Gasteiger partial charge < -0.3 is 30.2 Å². The van der Waals surface area contributed by atoms with E-state index in [1.807, 2.05) is 30.3 Å². The number of aryl methyl sites for hydroxylation is 1. The van der Waals surface area contributed by atoms with Crippen LogP contribution in [0.1, 0.15) is 67.4 Å². The van der Waals surface area contributed by atoms with Gasteiger partial charge in [-0.3, -0.25) is 0 Å². The van der Waals surface area contributed by atoms with Crippen LogP contribution < -0.4 is 30.2 Å². The van der Waals surface area contributed by atoms with Crippen LogP contribution in [0.3, 0.4) is 0 Å². The first-order valence-electron chi connectivity index (χ1n) is 39.7. The molecule has 0 radical (unpaired) electrons. The van der Waals surface area contributed by atoms with Gasteiger partial charge in [-0.15, -0.1) is 0 Å². The molecule has 9 heterocycles. The minimum absolute atomic E-state index is 0.000484. The summed E-state index contributed by atoms with van der Waals surface area (Å²) in [6.07, 6.45) is -22.8. The predicted molar refractivity (Wildman–Crippen MR) is 466 cm³/mol. The molecule has 8 aromatic carbocycles. The van der Waals surface area contributed by atoms with E-state index in [2.05, 4.69) is 76.2 Å². The van der Waals surface area contributed by atoms with Gasteiger partial charge in [0.15, 0.2) is 34.3 Å². The Balaban J connectivity index is 0.000000147. The smallest absolute Gasteiger partial charge is 0.435 e. The van der Waals surface area contributed by atoms with Gasteiger partial charge in [0.1, 0.15) is 23.2 Å². The van der Waals surface area contributed by atoms with Crippen LogP contribution in [0.25, 0.3) is 68.3 Å². The lowest BCUT2D eigenvalue weighted by atomic mass is 9.98. The van der Waals surface area contributed by atoms with Crippen LogP contribution >= 0.6 is 58.0 Å². The third-order valence-electron chi connectivity index (χ3n) is 19.7. The Hall–Kier alpha value is -14.3. The third kappa shape index (κ3) is 24.0. The molecule has 0 amide bonds. The topological polar surface area (TPSA) is 238 Å². The van der Waals surface area contributed by atoms with Crippen LogP contribution in [0.2, 0.25) is 25.1 Å². The first-order valence-corrected chi connectivity index (χ1v) is 41.5. The quantitative estimate of drug-likeness (QED) is 0.0567. The number of hydrogen-bond acceptors (Lipinski definition) is 18. The van der Waals surface area contributed by atoms with Crippen molar-refractivity contribution in [3.8, 4) is 85.5 Å². The summed E-state index contributed by atoms with van der Waals surface area (Å²) in [4.78, 5) is 31.9. The predicted octanol–water partition coefficient (Wildman–Crippen LogP) is 26.1. The molecule has 22 nitrogen and oxygen atoms in total. The Kier molecular flexibility index (Phi) is 29.8. The minimum Gasteiger partial charge on any atom is -0.497 e. The summed E-state index contributed by atoms with van der Waals surface area (Å²) in [5, 5.41) is 22.8. The number of nitrogens with one attached hydrogen (secondary N) is 3. The second-order valence-corrected chi connectivity index (χ2v) is 31.3. The second kappa shape index (κ2) is 41.3. The molecule has 714 valence electrons. The molecule has 0 aliphatic carbocycles. The Morgan fingerprint density at radius 3 is 0.964 bits per heavy atom. The number of aromatic nitrogens is 16. The lowest BCUT2D eigenvalue weighted by molar-refractivity contribution is -0.141. The van der Waals surface area contributed by atoms with Gasteiger partial charge in [-0.25, -0.2) is 44.6 Å². The molecule has 16 aromatic rings. The Morgan fingerprint density at radius 2 is 0.623 bits per heavy atom. The first kappa shape index (κ1) is 99.7. The van der Waals surface area contributed by atoms with Gasteiger partial charge in [0.05, 0.1) is 51.2 Å². The van der Waals surface area contributed by atoms with Crippen molar-refractivity contribution in [2.24, 2.45) is 0 Å². The molecule has 3 N–H and O–H groups in total. The van der Waals surface area contributed by atoms with Gasteiger partial charge in [0.2, 0.25) is 6.79 Å². The van der Waals surface area contributed by atoms with Crippen LogP contribution in [0.5, 0.6) is 17.2 Å². The average molecular weight is 2030 g/mol. The highest BCUT2D eigenvalue weighted by Gasteiger charge is 2.47. The van der Waals surface area contributed by atoms with E-state index >= 15 is 0 Å². The van der Waals surface area contributed by atoms with Crippen molar-refractivity contribution in [1.82, 2.24) is 79.0 Å². The Labute approximate surface area is 790 Å². The fraction of sp³-hybridized carbons (Fsp3) is 0.156. The third-order valence-corrected chi connectivity index (χ3v) is 20.9. The zero-order valence-corrected chi connectivity index (χ0v) is 73.4. The number of ether oxygens (including phenoxy) is 3. The van der Waals surface area contributed by atoms with E-state index in [0.29, 0.717) is 81.7 Å². The van der Waals surface area contributed by atoms with Crippen molar-refractivity contribution < 1.29 is 106 Å². The number of nitrogens with zero attached hydrogens (tertiary/aromatic N) is 16. The van der Waals surface area contributed by atoms with E-state index in [1.165, 1.54) is 87.0 Å². The van der Waals surface area contributed by atoms with Crippen LogP contribution in [-0.4, -0.2) is 92.9 Å². The maximum absolute atomic E-state index is 14.2. The van der Waals surface area contributed by atoms with E-state index < -0.39 is 126 Å². The van der Waals surface area contributed by atoms with Crippen LogP contribution in [-0.2, 0) is 75.7 Å². The van der Waals surface area contributed by atoms with Crippen LogP contribution in [0.15, 0.2) is 250 Å². The SMILES string of the molecule is COc1ccc(CNc2c(-c3cc(Cl)cc(C(F)(F)F)c3)c(C(F)(F)F)nn2-c2ncccn2)cc1.FC(F)(F)c1cc(Cl)cc(-c2c(C(F)(F)F)nn(-c3ncccn3)c2NCc2ccc(Cl)cc2)c1.FC(F)(F)c1cc(Cl)cc(-c2c(C(F)(F)F)nn(-c3ncccn3)c2NCc2ccccc2)c1.FC(F)(F)c1nn(-c2ncccn2)c(CCc2ccccc2)c1-c1cc(Cl)c2c(c1)OCO2. The Morgan fingerprint density at radius 1 is 0.312 bits per heavy atom. The molecule has 1 aliphatic heterocycles. The van der Waals surface area contributed by atoms with Gasteiger partial charge in [0.25, 0.3) is 23.8 Å². The van der Waals surface area contributed by atoms with Crippen molar-refractivity contribution in [2.75, 3.05) is 29.9 Å². The van der Waals surface area contributed by atoms with Crippen LogP contribution in [0.4, 0.5) is 110 Å². The number of halogens is 26. The molecular formula is C90H59Cl5F21N19O3. The molecule has 0 atom stereocenters. The maximum atomic E-state index is 14.2. The zero-order chi connectivity index (χ0) is 99.0. The van der Waals surface area contributed by atoms with E-state index in [4.69, 9.17) is 72.2 Å². The number of alkyl halides is 21. The maximum Gasteiger partial charge on any atom is 0.435 e. The van der Waals surface area contributed by atoms with E-state index in [9.17, 15) is 92.2 Å². The highest BCUT2D eigenvalue weighted by Crippen LogP contribution is 2.51. The highest BCUT2D eigenvalue weighted by atomic mass is 35.5. The van der Waals surface area contributed by atoms with Gasteiger partial charge in [-0.1, -0.05) is 143 Å². The number of methoxy groups -OCH3 is 1. The summed E-state index contributed by atoms with van der Waals surface area (Å²) in [5.74, 6) is -0.212. The van der Waals surface area contributed by atoms with Gasteiger partial charge in [0, 0.05) is 94.9 Å². The van der Waals surface area contributed by atoms with Gasteiger partial charge >= 0.3 is 43.2 Å². The molecule has 0 saturated heterocycles. The summed E-state index contributed by atoms with van der Waals surface area (Å²) in [6, 6.07) is 46.9. The minimum atomic E-state index is -5.02. The van der Waals surface area contributed by atoms with E-state index in [1.54, 1.807) is 84.9 Å². The normalized spacial score (nSPS) is 12.3. The summed E-state index contributed by atoms with van der Waals surface area (Å²) < 4.78 is 309. The summed E-state index contributed by atoms with van der Waals surface area (Å²) >= 11 is 29.8. The summed E-state index contributed by atoms with van der Waals surface area (Å²) in [6.45, 7) is -0.00876. The second-order valence-electron chi connectivity index (χ2n) is 29.1. The largest absolute Gasteiger partial charge is 0.497 e. The molecule has 17 rings (SSSR count). The van der Waals surface area contributed by atoms with Gasteiger partial charge in [-0.05, 0) is 173 Å². The number of anilines is 3. The van der Waals surface area contributed by atoms with Crippen molar-refractivity contribution in [1.29, 1.82) is 0 Å². The van der Waals surface area contributed by atoms with E-state index in [-0.39, 0.29) is 101 Å². The monoisotopic (exact) mass is 2030 g/mol. The van der Waals surface area contributed by atoms with Crippen molar-refractivity contribution >= 4 is 75.5 Å². The molecule has 8 aromatic heterocycles. The molecule has 0 fully saturated rings. The molecule has 0 saturated carbocycles.